The predicted molar refractivity (Wildman–Crippen MR) is 84.4 cm³/mol. The lowest BCUT2D eigenvalue weighted by Gasteiger charge is -2.38. The molecule has 0 atom stereocenters. The Balaban J connectivity index is 2.26. The molecule has 0 bridgehead atoms. The van der Waals surface area contributed by atoms with Crippen LogP contribution in [0.2, 0.25) is 0 Å². The highest BCUT2D eigenvalue weighted by Crippen LogP contribution is 2.26. The third-order valence-corrected chi connectivity index (χ3v) is 4.49. The van der Waals surface area contributed by atoms with Crippen molar-refractivity contribution in [3.05, 3.63) is 30.0 Å². The van der Waals surface area contributed by atoms with E-state index in [1.54, 1.807) is 45.6 Å². The number of pyridine rings is 1. The molecule has 0 unspecified atom stereocenters. The van der Waals surface area contributed by atoms with Crippen molar-refractivity contribution in [2.45, 2.75) is 38.9 Å². The molecule has 112 valence electrons. The van der Waals surface area contributed by atoms with Crippen LogP contribution in [-0.2, 0) is 4.65 Å². The van der Waals surface area contributed by atoms with Crippen molar-refractivity contribution in [1.82, 2.24) is 9.97 Å². The first-order chi connectivity index (χ1) is 9.72. The number of nitrogens with zero attached hydrogens (tertiary/aromatic N) is 2. The summed E-state index contributed by atoms with van der Waals surface area (Å²) in [6.45, 7) is 6.77. The molecule has 0 aliphatic heterocycles. The first-order valence-electron chi connectivity index (χ1n) is 6.64. The smallest absolute Gasteiger partial charge is 0.422 e. The van der Waals surface area contributed by atoms with Gasteiger partial charge in [0, 0.05) is 18.0 Å². The van der Waals surface area contributed by atoms with Crippen molar-refractivity contribution < 1.29 is 14.8 Å². The molecule has 0 fully saturated rings. The van der Waals surface area contributed by atoms with Crippen LogP contribution in [0.3, 0.4) is 0 Å². The van der Waals surface area contributed by atoms with Gasteiger partial charge in [-0.1, -0.05) is 0 Å². The maximum Gasteiger partial charge on any atom is 0.504 e. The molecule has 0 saturated heterocycles. The number of hydrogen-bond donors (Lipinski definition) is 2. The zero-order valence-corrected chi connectivity index (χ0v) is 13.4. The van der Waals surface area contributed by atoms with Crippen LogP contribution >= 0.6 is 11.3 Å². The van der Waals surface area contributed by atoms with Crippen molar-refractivity contribution in [2.24, 2.45) is 0 Å². The molecule has 2 rings (SSSR count). The van der Waals surface area contributed by atoms with Crippen molar-refractivity contribution in [3.63, 3.8) is 0 Å². The minimum atomic E-state index is -1.16. The lowest BCUT2D eigenvalue weighted by atomic mass is 9.80. The van der Waals surface area contributed by atoms with E-state index < -0.39 is 18.3 Å². The number of thiazole rings is 1. The van der Waals surface area contributed by atoms with Gasteiger partial charge < -0.3 is 14.8 Å². The summed E-state index contributed by atoms with van der Waals surface area (Å²) < 4.78 is 6.26. The normalized spacial score (nSPS) is 12.5. The van der Waals surface area contributed by atoms with Gasteiger partial charge in [0.15, 0.2) is 0 Å². The Labute approximate surface area is 128 Å². The Morgan fingerprint density at radius 1 is 1.29 bits per heavy atom. The second-order valence-electron chi connectivity index (χ2n) is 5.85. The quantitative estimate of drug-likeness (QED) is 0.818. The van der Waals surface area contributed by atoms with Crippen LogP contribution in [0.15, 0.2) is 30.0 Å². The summed E-state index contributed by atoms with van der Waals surface area (Å²) in [5.74, 6) is 0. The maximum absolute atomic E-state index is 10.4. The molecule has 0 aliphatic carbocycles. The Bertz CT molecular complexity index is 596. The van der Waals surface area contributed by atoms with E-state index in [1.807, 2.05) is 12.1 Å². The number of hydrogen-bond acceptors (Lipinski definition) is 6. The lowest BCUT2D eigenvalue weighted by Crippen LogP contribution is -2.53. The van der Waals surface area contributed by atoms with Gasteiger partial charge in [-0.15, -0.1) is 11.3 Å². The molecule has 0 aromatic carbocycles. The topological polar surface area (TPSA) is 75.5 Å². The molecule has 2 aromatic rings. The zero-order chi connectivity index (χ0) is 15.7. The standard InChI is InChI=1S/C14H19BN2O3S/c1-13(2,18)14(3,4)20-15(19)12-11(17-9-21-12)10-6-5-7-16-8-10/h5-9,18-19H,1-4H3. The van der Waals surface area contributed by atoms with E-state index in [2.05, 4.69) is 9.97 Å². The summed E-state index contributed by atoms with van der Waals surface area (Å²) in [4.78, 5) is 8.33. The zero-order valence-electron chi connectivity index (χ0n) is 12.6. The molecule has 5 nitrogen and oxygen atoms in total. The van der Waals surface area contributed by atoms with Crippen molar-refractivity contribution in [3.8, 4) is 11.3 Å². The fraction of sp³-hybridized carbons (Fsp3) is 0.429. The van der Waals surface area contributed by atoms with E-state index >= 15 is 0 Å². The second-order valence-corrected chi connectivity index (χ2v) is 6.73. The first kappa shape index (κ1) is 16.1. The fourth-order valence-electron chi connectivity index (χ4n) is 1.63. The summed E-state index contributed by atoms with van der Waals surface area (Å²) >= 11 is 1.31. The molecule has 21 heavy (non-hydrogen) atoms. The minimum absolute atomic E-state index is 0.598. The summed E-state index contributed by atoms with van der Waals surface area (Å²) in [5, 5.41) is 20.5. The van der Waals surface area contributed by atoms with Gasteiger partial charge >= 0.3 is 7.12 Å². The highest BCUT2D eigenvalue weighted by atomic mass is 32.1. The summed E-state index contributed by atoms with van der Waals surface area (Å²) in [7, 11) is -1.16. The molecule has 0 aliphatic rings. The SMILES string of the molecule is CC(C)(O)C(C)(C)OB(O)c1scnc1-c1cccnc1. The Morgan fingerprint density at radius 3 is 2.57 bits per heavy atom. The molecular weight excluding hydrogens is 287 g/mol. The molecule has 0 saturated carbocycles. The van der Waals surface area contributed by atoms with Crippen LogP contribution in [0.1, 0.15) is 27.7 Å². The summed E-state index contributed by atoms with van der Waals surface area (Å²) in [6.07, 6.45) is 3.37. The average molecular weight is 306 g/mol. The van der Waals surface area contributed by atoms with Gasteiger partial charge in [0.2, 0.25) is 0 Å². The van der Waals surface area contributed by atoms with Crippen LogP contribution in [0.5, 0.6) is 0 Å². The number of aromatic nitrogens is 2. The largest absolute Gasteiger partial charge is 0.504 e. The molecule has 2 aromatic heterocycles. The van der Waals surface area contributed by atoms with Crippen molar-refractivity contribution in [1.29, 1.82) is 0 Å². The second kappa shape index (κ2) is 5.85. The van der Waals surface area contributed by atoms with Gasteiger partial charge in [-0.3, -0.25) is 4.98 Å². The van der Waals surface area contributed by atoms with Gasteiger partial charge in [-0.05, 0) is 39.8 Å². The van der Waals surface area contributed by atoms with Gasteiger partial charge in [0.05, 0.1) is 27.2 Å². The van der Waals surface area contributed by atoms with E-state index in [0.29, 0.717) is 10.5 Å². The van der Waals surface area contributed by atoms with E-state index in [4.69, 9.17) is 4.65 Å². The summed E-state index contributed by atoms with van der Waals surface area (Å²) in [5.41, 5.74) is 1.11. The molecule has 0 radical (unpaired) electrons. The van der Waals surface area contributed by atoms with Crippen LogP contribution in [0, 0.1) is 0 Å². The van der Waals surface area contributed by atoms with Crippen molar-refractivity contribution >= 4 is 23.2 Å². The van der Waals surface area contributed by atoms with E-state index in [-0.39, 0.29) is 0 Å². The van der Waals surface area contributed by atoms with Crippen LogP contribution in [0.25, 0.3) is 11.3 Å². The third-order valence-electron chi connectivity index (χ3n) is 3.63. The fourth-order valence-corrected chi connectivity index (χ4v) is 2.35. The molecule has 0 amide bonds. The maximum atomic E-state index is 10.4. The third kappa shape index (κ3) is 3.49. The van der Waals surface area contributed by atoms with Gasteiger partial charge in [0.25, 0.3) is 0 Å². The lowest BCUT2D eigenvalue weighted by molar-refractivity contribution is -0.0981. The molecule has 0 spiro atoms. The Morgan fingerprint density at radius 2 is 2.00 bits per heavy atom. The van der Waals surface area contributed by atoms with E-state index in [9.17, 15) is 10.1 Å². The van der Waals surface area contributed by atoms with Gasteiger partial charge in [0.1, 0.15) is 0 Å². The number of aliphatic hydroxyl groups is 1. The molecule has 2 heterocycles. The Hall–Kier alpha value is -1.28. The Kier molecular flexibility index (Phi) is 4.48. The predicted octanol–water partition coefficient (Wildman–Crippen LogP) is 1.46. The van der Waals surface area contributed by atoms with Crippen LogP contribution in [0.4, 0.5) is 0 Å². The molecular formula is C14H19BN2O3S. The van der Waals surface area contributed by atoms with Gasteiger partial charge in [-0.25, -0.2) is 4.98 Å². The highest BCUT2D eigenvalue weighted by molar-refractivity contribution is 7.21. The monoisotopic (exact) mass is 306 g/mol. The van der Waals surface area contributed by atoms with Crippen LogP contribution < -0.4 is 4.78 Å². The first-order valence-corrected chi connectivity index (χ1v) is 7.52. The molecule has 7 heteroatoms. The summed E-state index contributed by atoms with van der Waals surface area (Å²) in [6, 6.07) is 3.69. The minimum Gasteiger partial charge on any atom is -0.422 e. The highest BCUT2D eigenvalue weighted by Gasteiger charge is 2.40. The van der Waals surface area contributed by atoms with Crippen molar-refractivity contribution in [2.75, 3.05) is 0 Å². The number of rotatable bonds is 5. The molecule has 2 N–H and O–H groups in total. The van der Waals surface area contributed by atoms with Crippen LogP contribution in [-0.4, -0.2) is 38.4 Å². The van der Waals surface area contributed by atoms with Gasteiger partial charge in [-0.2, -0.15) is 0 Å². The van der Waals surface area contributed by atoms with E-state index in [1.165, 1.54) is 11.3 Å². The van der Waals surface area contributed by atoms with E-state index in [0.717, 1.165) is 5.56 Å². The average Bonchev–Trinajstić information content (AvgIpc) is 2.87.